The molecule has 3 aromatic carbocycles. The van der Waals surface area contributed by atoms with Crippen molar-refractivity contribution in [3.05, 3.63) is 83.9 Å². The average molecular weight is 459 g/mol. The van der Waals surface area contributed by atoms with Crippen molar-refractivity contribution in [2.45, 2.75) is 24.9 Å². The number of rotatable bonds is 8. The largest absolute Gasteiger partial charge is 0.490 e. The molecule has 3 aromatic rings. The molecule has 0 aliphatic carbocycles. The Morgan fingerprint density at radius 3 is 2.53 bits per heavy atom. The minimum absolute atomic E-state index is 0.0815. The second-order valence-electron chi connectivity index (χ2n) is 9.25. The van der Waals surface area contributed by atoms with Gasteiger partial charge in [0.25, 0.3) is 0 Å². The van der Waals surface area contributed by atoms with Gasteiger partial charge < -0.3 is 19.6 Å². The number of aliphatic hydroxyl groups is 1. The summed E-state index contributed by atoms with van der Waals surface area (Å²) in [7, 11) is 3.44. The number of nitrogens with zero attached hydrogens (tertiary/aromatic N) is 2. The molecule has 34 heavy (non-hydrogen) atoms. The molecule has 1 N–H and O–H groups in total. The van der Waals surface area contributed by atoms with Crippen LogP contribution >= 0.6 is 0 Å². The molecule has 0 unspecified atom stereocenters. The van der Waals surface area contributed by atoms with E-state index in [1.165, 1.54) is 27.3 Å². The number of likely N-dealkylation sites (N-methyl/N-ethyl adjacent to an activating group) is 1. The van der Waals surface area contributed by atoms with E-state index in [0.29, 0.717) is 18.2 Å². The molecule has 4 rings (SSSR count). The van der Waals surface area contributed by atoms with Crippen molar-refractivity contribution >= 4 is 22.8 Å². The van der Waals surface area contributed by atoms with Crippen LogP contribution in [0, 0.1) is 0 Å². The number of β-amino-alcohol motifs (C(OH)–C–C–N with tert-alkyl or cyclic N) is 1. The minimum atomic E-state index is -0.572. The Morgan fingerprint density at radius 2 is 1.76 bits per heavy atom. The number of aliphatic hydroxyl groups excluding tert-OH is 1. The van der Waals surface area contributed by atoms with Crippen LogP contribution in [-0.2, 0) is 4.79 Å². The lowest BCUT2D eigenvalue weighted by Gasteiger charge is -2.33. The topological polar surface area (TPSA) is 53.0 Å². The number of fused-ring (bicyclic) bond motifs is 1. The molecule has 1 atom stereocenters. The van der Waals surface area contributed by atoms with Gasteiger partial charge in [0.05, 0.1) is 0 Å². The third-order valence-corrected chi connectivity index (χ3v) is 6.50. The number of hydrogen-bond acceptors (Lipinski definition) is 4. The van der Waals surface area contributed by atoms with Gasteiger partial charge >= 0.3 is 0 Å². The number of ether oxygens (including phenoxy) is 1. The van der Waals surface area contributed by atoms with Crippen molar-refractivity contribution in [1.29, 1.82) is 0 Å². The quantitative estimate of drug-likeness (QED) is 0.503. The Labute approximate surface area is 202 Å². The summed E-state index contributed by atoms with van der Waals surface area (Å²) in [5, 5.41) is 13.2. The second-order valence-corrected chi connectivity index (χ2v) is 9.25. The van der Waals surface area contributed by atoms with Crippen molar-refractivity contribution < 1.29 is 14.6 Å². The SMILES string of the molecule is CN(C)C(=O)C=Cc1ccccc1OC[C@@H](O)CN1CCC(c2ccc3ccccc3c2)CC1. The lowest BCUT2D eigenvalue weighted by Crippen LogP contribution is -2.40. The summed E-state index contributed by atoms with van der Waals surface area (Å²) in [6, 6.07) is 22.9. The van der Waals surface area contributed by atoms with Crippen molar-refractivity contribution in [2.24, 2.45) is 0 Å². The highest BCUT2D eigenvalue weighted by Crippen LogP contribution is 2.30. The fourth-order valence-electron chi connectivity index (χ4n) is 4.51. The van der Waals surface area contributed by atoms with Crippen LogP contribution in [0.25, 0.3) is 16.8 Å². The molecule has 0 saturated carbocycles. The lowest BCUT2D eigenvalue weighted by atomic mass is 9.88. The summed E-state index contributed by atoms with van der Waals surface area (Å²) in [4.78, 5) is 15.7. The van der Waals surface area contributed by atoms with Crippen molar-refractivity contribution in [2.75, 3.05) is 40.3 Å². The normalized spacial score (nSPS) is 16.1. The molecule has 1 aliphatic heterocycles. The molecule has 0 spiro atoms. The number of carbonyl (C=O) groups excluding carboxylic acids is 1. The standard InChI is InChI=1S/C29H34N2O3/c1-30(2)29(33)14-13-24-8-5-6-10-28(24)34-21-27(32)20-31-17-15-23(16-18-31)26-12-11-22-7-3-4-9-25(22)19-26/h3-14,19,23,27,32H,15-18,20-21H2,1-2H3/t27-/m0/s1. The van der Waals surface area contributed by atoms with Crippen LogP contribution in [0.2, 0.25) is 0 Å². The van der Waals surface area contributed by atoms with Gasteiger partial charge in [-0.05, 0) is 60.3 Å². The Hall–Kier alpha value is -3.15. The highest BCUT2D eigenvalue weighted by atomic mass is 16.5. The maximum atomic E-state index is 11.8. The zero-order valence-corrected chi connectivity index (χ0v) is 20.1. The predicted octanol–water partition coefficient (Wildman–Crippen LogP) is 4.56. The molecule has 1 heterocycles. The van der Waals surface area contributed by atoms with Gasteiger partial charge in [0.1, 0.15) is 18.5 Å². The number of benzene rings is 3. The number of amides is 1. The molecule has 1 aliphatic rings. The molecular weight excluding hydrogens is 424 g/mol. The molecule has 178 valence electrons. The first-order chi connectivity index (χ1) is 16.5. The van der Waals surface area contributed by atoms with E-state index >= 15 is 0 Å². The van der Waals surface area contributed by atoms with Gasteiger partial charge in [-0.25, -0.2) is 0 Å². The van der Waals surface area contributed by atoms with E-state index < -0.39 is 6.10 Å². The average Bonchev–Trinajstić information content (AvgIpc) is 2.86. The van der Waals surface area contributed by atoms with Crippen LogP contribution in [-0.4, -0.2) is 67.3 Å². The summed E-state index contributed by atoms with van der Waals surface area (Å²) in [6.45, 7) is 2.76. The smallest absolute Gasteiger partial charge is 0.246 e. The molecule has 5 nitrogen and oxygen atoms in total. The molecule has 0 aromatic heterocycles. The van der Waals surface area contributed by atoms with Crippen LogP contribution in [0.15, 0.2) is 72.8 Å². The van der Waals surface area contributed by atoms with Crippen LogP contribution in [0.3, 0.4) is 0 Å². The van der Waals surface area contributed by atoms with Crippen molar-refractivity contribution in [3.8, 4) is 5.75 Å². The highest BCUT2D eigenvalue weighted by Gasteiger charge is 2.22. The van der Waals surface area contributed by atoms with Gasteiger partial charge in [-0.2, -0.15) is 0 Å². The highest BCUT2D eigenvalue weighted by molar-refractivity contribution is 5.91. The van der Waals surface area contributed by atoms with E-state index in [1.54, 1.807) is 20.2 Å². The van der Waals surface area contributed by atoms with Gasteiger partial charge in [0.2, 0.25) is 5.91 Å². The Morgan fingerprint density at radius 1 is 1.06 bits per heavy atom. The molecule has 1 amide bonds. The summed E-state index contributed by atoms with van der Waals surface area (Å²) in [5.41, 5.74) is 2.24. The van der Waals surface area contributed by atoms with Crippen LogP contribution < -0.4 is 4.74 Å². The Kier molecular flexibility index (Phi) is 7.99. The molecular formula is C29H34N2O3. The number of para-hydroxylation sites is 1. The first-order valence-electron chi connectivity index (χ1n) is 12.0. The molecule has 1 fully saturated rings. The van der Waals surface area contributed by atoms with E-state index in [4.69, 9.17) is 4.74 Å². The van der Waals surface area contributed by atoms with Gasteiger partial charge in [-0.3, -0.25) is 4.79 Å². The van der Waals surface area contributed by atoms with Crippen LogP contribution in [0.1, 0.15) is 29.9 Å². The second kappa shape index (κ2) is 11.3. The van der Waals surface area contributed by atoms with Gasteiger partial charge in [-0.15, -0.1) is 0 Å². The Balaban J connectivity index is 1.26. The van der Waals surface area contributed by atoms with Gasteiger partial charge in [0, 0.05) is 32.3 Å². The van der Waals surface area contributed by atoms with Crippen LogP contribution in [0.5, 0.6) is 5.75 Å². The van der Waals surface area contributed by atoms with E-state index in [9.17, 15) is 9.90 Å². The first kappa shape index (κ1) is 24.0. The molecule has 5 heteroatoms. The number of likely N-dealkylation sites (tertiary alicyclic amines) is 1. The summed E-state index contributed by atoms with van der Waals surface area (Å²) in [5.74, 6) is 1.15. The Bertz CT molecular complexity index is 1130. The summed E-state index contributed by atoms with van der Waals surface area (Å²) < 4.78 is 5.91. The third kappa shape index (κ3) is 6.25. The van der Waals surface area contributed by atoms with Crippen molar-refractivity contribution in [1.82, 2.24) is 9.80 Å². The number of hydrogen-bond donors (Lipinski definition) is 1. The molecule has 0 bridgehead atoms. The number of carbonyl (C=O) groups is 1. The lowest BCUT2D eigenvalue weighted by molar-refractivity contribution is -0.123. The zero-order valence-electron chi connectivity index (χ0n) is 20.1. The van der Waals surface area contributed by atoms with E-state index in [0.717, 1.165) is 31.5 Å². The van der Waals surface area contributed by atoms with Crippen molar-refractivity contribution in [3.63, 3.8) is 0 Å². The van der Waals surface area contributed by atoms with E-state index in [2.05, 4.69) is 47.4 Å². The molecule has 1 saturated heterocycles. The maximum Gasteiger partial charge on any atom is 0.246 e. The maximum absolute atomic E-state index is 11.8. The van der Waals surface area contributed by atoms with E-state index in [-0.39, 0.29) is 12.5 Å². The summed E-state index contributed by atoms with van der Waals surface area (Å²) in [6.07, 6.45) is 4.90. The van der Waals surface area contributed by atoms with Gasteiger partial charge in [0.15, 0.2) is 0 Å². The third-order valence-electron chi connectivity index (χ3n) is 6.50. The fraction of sp³-hybridized carbons (Fsp3) is 0.345. The number of piperidine rings is 1. The minimum Gasteiger partial charge on any atom is -0.490 e. The van der Waals surface area contributed by atoms with E-state index in [1.807, 2.05) is 24.3 Å². The fourth-order valence-corrected chi connectivity index (χ4v) is 4.51. The van der Waals surface area contributed by atoms with Crippen LogP contribution in [0.4, 0.5) is 0 Å². The monoisotopic (exact) mass is 458 g/mol. The predicted molar refractivity (Wildman–Crippen MR) is 138 cm³/mol. The first-order valence-corrected chi connectivity index (χ1v) is 12.0. The summed E-state index contributed by atoms with van der Waals surface area (Å²) >= 11 is 0. The molecule has 0 radical (unpaired) electrons. The van der Waals surface area contributed by atoms with Gasteiger partial charge in [-0.1, -0.05) is 60.7 Å². The zero-order chi connectivity index (χ0) is 23.9.